The summed E-state index contributed by atoms with van der Waals surface area (Å²) in [5, 5.41) is 12.8. The Morgan fingerprint density at radius 3 is 2.66 bits per heavy atom. The molecule has 0 radical (unpaired) electrons. The number of carboxylic acid groups (broad SMARTS) is 1. The van der Waals surface area contributed by atoms with Crippen molar-refractivity contribution in [1.82, 2.24) is 19.5 Å². The Kier molecular flexibility index (Phi) is 4.18. The first-order valence-electron chi connectivity index (χ1n) is 9.66. The molecule has 9 heteroatoms. The van der Waals surface area contributed by atoms with Crippen LogP contribution in [0.25, 0.3) is 17.0 Å². The van der Waals surface area contributed by atoms with E-state index in [1.54, 1.807) is 12.3 Å². The van der Waals surface area contributed by atoms with Crippen LogP contribution in [-0.4, -0.2) is 36.6 Å². The number of carboxylic acids is 1. The molecule has 0 amide bonds. The molecule has 0 aromatic carbocycles. The van der Waals surface area contributed by atoms with Gasteiger partial charge in [-0.1, -0.05) is 0 Å². The Bertz CT molecular complexity index is 1090. The highest BCUT2D eigenvalue weighted by molar-refractivity contribution is 5.77. The number of carbonyl (C=O) groups is 1. The van der Waals surface area contributed by atoms with E-state index >= 15 is 0 Å². The molecule has 0 saturated heterocycles. The summed E-state index contributed by atoms with van der Waals surface area (Å²) in [5.74, 6) is -2.18. The van der Waals surface area contributed by atoms with Crippen molar-refractivity contribution in [3.8, 4) is 5.95 Å². The van der Waals surface area contributed by atoms with Crippen molar-refractivity contribution in [3.63, 3.8) is 0 Å². The van der Waals surface area contributed by atoms with Gasteiger partial charge in [0.2, 0.25) is 5.95 Å². The van der Waals surface area contributed by atoms with Gasteiger partial charge in [-0.3, -0.25) is 14.3 Å². The van der Waals surface area contributed by atoms with Crippen LogP contribution in [0.2, 0.25) is 0 Å². The van der Waals surface area contributed by atoms with E-state index in [9.17, 15) is 18.7 Å². The monoisotopic (exact) mass is 399 g/mol. The van der Waals surface area contributed by atoms with Gasteiger partial charge in [-0.05, 0) is 43.6 Å². The Balaban J connectivity index is 1.51. The molecule has 3 aromatic heterocycles. The molecule has 2 bridgehead atoms. The summed E-state index contributed by atoms with van der Waals surface area (Å²) in [6.07, 6.45) is 7.44. The van der Waals surface area contributed by atoms with Crippen LogP contribution in [0.5, 0.6) is 0 Å². The van der Waals surface area contributed by atoms with Crippen LogP contribution < -0.4 is 5.32 Å². The Morgan fingerprint density at radius 2 is 1.90 bits per heavy atom. The lowest BCUT2D eigenvalue weighted by molar-refractivity contribution is -0.148. The Hall–Kier alpha value is -3.10. The SMILES string of the molecule is O=C(O)[C@H]1C2CCC(CC2)[C@@H]1Nc1nc(-n2ccc3ncc(F)cc32)ncc1F. The molecule has 0 spiro atoms. The lowest BCUT2D eigenvalue weighted by atomic mass is 9.61. The summed E-state index contributed by atoms with van der Waals surface area (Å²) >= 11 is 0. The second-order valence-corrected chi connectivity index (χ2v) is 7.82. The van der Waals surface area contributed by atoms with Gasteiger partial charge in [-0.2, -0.15) is 4.98 Å². The van der Waals surface area contributed by atoms with E-state index in [1.165, 1.54) is 10.6 Å². The summed E-state index contributed by atoms with van der Waals surface area (Å²) in [4.78, 5) is 24.2. The highest BCUT2D eigenvalue weighted by Crippen LogP contribution is 2.46. The van der Waals surface area contributed by atoms with E-state index in [0.29, 0.717) is 11.0 Å². The van der Waals surface area contributed by atoms with Crippen molar-refractivity contribution in [2.24, 2.45) is 17.8 Å². The maximum Gasteiger partial charge on any atom is 0.308 e. The van der Waals surface area contributed by atoms with E-state index in [0.717, 1.165) is 38.1 Å². The first-order chi connectivity index (χ1) is 14.0. The van der Waals surface area contributed by atoms with Crippen LogP contribution >= 0.6 is 0 Å². The number of aliphatic carboxylic acids is 1. The van der Waals surface area contributed by atoms with Crippen LogP contribution in [0.15, 0.2) is 30.7 Å². The molecule has 0 unspecified atom stereocenters. The second-order valence-electron chi connectivity index (χ2n) is 7.82. The third-order valence-electron chi connectivity index (χ3n) is 6.26. The van der Waals surface area contributed by atoms with Gasteiger partial charge in [0.1, 0.15) is 5.82 Å². The Labute approximate surface area is 164 Å². The largest absolute Gasteiger partial charge is 0.481 e. The normalized spacial score (nSPS) is 26.0. The average Bonchev–Trinajstić information content (AvgIpc) is 3.13. The van der Waals surface area contributed by atoms with Crippen LogP contribution in [0.4, 0.5) is 14.6 Å². The van der Waals surface area contributed by atoms with E-state index in [-0.39, 0.29) is 29.6 Å². The first-order valence-corrected chi connectivity index (χ1v) is 9.66. The molecule has 2 atom stereocenters. The minimum atomic E-state index is -0.857. The van der Waals surface area contributed by atoms with E-state index in [4.69, 9.17) is 0 Å². The fraction of sp³-hybridized carbons (Fsp3) is 0.400. The van der Waals surface area contributed by atoms with Crippen molar-refractivity contribution in [3.05, 3.63) is 42.4 Å². The van der Waals surface area contributed by atoms with E-state index in [1.807, 2.05) is 0 Å². The fourth-order valence-electron chi connectivity index (χ4n) is 4.91. The van der Waals surface area contributed by atoms with Crippen LogP contribution in [0.1, 0.15) is 25.7 Å². The van der Waals surface area contributed by atoms with Crippen molar-refractivity contribution in [2.45, 2.75) is 31.7 Å². The maximum atomic E-state index is 14.5. The standard InChI is InChI=1S/C20H19F2N5O2/c21-12-7-15-14(23-8-12)5-6-27(15)20-24-9-13(22)18(26-20)25-17-11-3-1-10(2-4-11)16(17)19(28)29/h5-11,16-17H,1-4H2,(H,28,29)(H,24,25,26)/t10?,11?,16-,17-/m0/s1. The van der Waals surface area contributed by atoms with Crippen LogP contribution in [0.3, 0.4) is 0 Å². The lowest BCUT2D eigenvalue weighted by Crippen LogP contribution is -2.51. The molecule has 0 aliphatic heterocycles. The number of nitrogens with zero attached hydrogens (tertiary/aromatic N) is 4. The number of hydrogen-bond donors (Lipinski definition) is 2. The number of halogens is 2. The molecule has 3 heterocycles. The van der Waals surface area contributed by atoms with E-state index < -0.39 is 23.5 Å². The molecule has 3 saturated carbocycles. The number of nitrogens with one attached hydrogen (secondary N) is 1. The van der Waals surface area contributed by atoms with Crippen LogP contribution in [0, 0.1) is 29.4 Å². The third kappa shape index (κ3) is 3.01. The number of rotatable bonds is 4. The highest BCUT2D eigenvalue weighted by atomic mass is 19.1. The van der Waals surface area contributed by atoms with Gasteiger partial charge in [0.05, 0.1) is 29.3 Å². The zero-order chi connectivity index (χ0) is 20.1. The topological polar surface area (TPSA) is 92.9 Å². The maximum absolute atomic E-state index is 14.5. The van der Waals surface area contributed by atoms with Gasteiger partial charge in [0.25, 0.3) is 0 Å². The fourth-order valence-corrected chi connectivity index (χ4v) is 4.91. The first kappa shape index (κ1) is 18.0. The molecular formula is C20H19F2N5O2. The molecular weight excluding hydrogens is 380 g/mol. The van der Waals surface area contributed by atoms with Crippen LogP contribution in [-0.2, 0) is 4.79 Å². The van der Waals surface area contributed by atoms with Crippen molar-refractivity contribution in [1.29, 1.82) is 0 Å². The molecule has 3 fully saturated rings. The molecule has 150 valence electrons. The zero-order valence-electron chi connectivity index (χ0n) is 15.4. The van der Waals surface area contributed by atoms with Gasteiger partial charge < -0.3 is 10.4 Å². The average molecular weight is 399 g/mol. The lowest BCUT2D eigenvalue weighted by Gasteiger charge is -2.47. The number of anilines is 1. The summed E-state index contributed by atoms with van der Waals surface area (Å²) < 4.78 is 29.6. The minimum Gasteiger partial charge on any atom is -0.481 e. The zero-order valence-corrected chi connectivity index (χ0v) is 15.4. The highest BCUT2D eigenvalue weighted by Gasteiger charge is 2.47. The summed E-state index contributed by atoms with van der Waals surface area (Å²) in [6, 6.07) is 2.62. The van der Waals surface area contributed by atoms with Crippen molar-refractivity contribution < 1.29 is 18.7 Å². The Morgan fingerprint density at radius 1 is 1.14 bits per heavy atom. The smallest absolute Gasteiger partial charge is 0.308 e. The minimum absolute atomic E-state index is 0.0370. The molecule has 3 aromatic rings. The third-order valence-corrected chi connectivity index (χ3v) is 6.26. The predicted molar refractivity (Wildman–Crippen MR) is 101 cm³/mol. The number of pyridine rings is 1. The van der Waals surface area contributed by atoms with E-state index in [2.05, 4.69) is 20.3 Å². The molecule has 29 heavy (non-hydrogen) atoms. The quantitative estimate of drug-likeness (QED) is 0.699. The summed E-state index contributed by atoms with van der Waals surface area (Å²) in [7, 11) is 0. The molecule has 3 aliphatic rings. The van der Waals surface area contributed by atoms with Gasteiger partial charge in [0.15, 0.2) is 11.6 Å². The van der Waals surface area contributed by atoms with Crippen molar-refractivity contribution >= 4 is 22.8 Å². The summed E-state index contributed by atoms with van der Waals surface area (Å²) in [5.41, 5.74) is 1.02. The molecule has 3 aliphatic carbocycles. The number of fused-ring (bicyclic) bond motifs is 4. The number of hydrogen-bond acceptors (Lipinski definition) is 5. The molecule has 7 nitrogen and oxygen atoms in total. The van der Waals surface area contributed by atoms with Gasteiger partial charge in [0, 0.05) is 18.3 Å². The molecule has 2 N–H and O–H groups in total. The predicted octanol–water partition coefficient (Wildman–Crippen LogP) is 3.40. The second kappa shape index (κ2) is 6.75. The van der Waals surface area contributed by atoms with Gasteiger partial charge in [-0.15, -0.1) is 0 Å². The summed E-state index contributed by atoms with van der Waals surface area (Å²) in [6.45, 7) is 0. The van der Waals surface area contributed by atoms with Gasteiger partial charge in [-0.25, -0.2) is 13.8 Å². The van der Waals surface area contributed by atoms with Gasteiger partial charge >= 0.3 is 5.97 Å². The number of aromatic nitrogens is 4. The molecule has 6 rings (SSSR count). The van der Waals surface area contributed by atoms with Crippen molar-refractivity contribution in [2.75, 3.05) is 5.32 Å².